The van der Waals surface area contributed by atoms with Crippen LogP contribution in [0, 0.1) is 0 Å². The summed E-state index contributed by atoms with van der Waals surface area (Å²) in [6.45, 7) is 10.8. The first-order chi connectivity index (χ1) is 24.4. The SMILES string of the molecule is CC1(C)C(=CC=C2CCC(C=CC3=[N+](CCCS(=O)(=O)O)c4cc5c(cc4C3(C)C)OCC5)=C2Cl)N(CCCS(=O)(=O)O)c2cc3c(cc21)OCC3. The zero-order chi connectivity index (χ0) is 37.2. The molecule has 0 spiro atoms. The van der Waals surface area contributed by atoms with Crippen molar-refractivity contribution in [2.75, 3.05) is 42.7 Å². The zero-order valence-corrected chi connectivity index (χ0v) is 32.4. The lowest BCUT2D eigenvalue weighted by Gasteiger charge is -2.27. The number of halogens is 1. The fourth-order valence-electron chi connectivity index (χ4n) is 8.34. The molecular formula is C39H46ClN2O8S2+. The molecule has 0 saturated heterocycles. The van der Waals surface area contributed by atoms with Crippen LogP contribution in [0.25, 0.3) is 0 Å². The molecule has 0 fully saturated rings. The Morgan fingerprint density at radius 2 is 1.44 bits per heavy atom. The highest BCUT2D eigenvalue weighted by atomic mass is 35.5. The lowest BCUT2D eigenvalue weighted by molar-refractivity contribution is -0.437. The predicted octanol–water partition coefficient (Wildman–Crippen LogP) is 6.94. The van der Waals surface area contributed by atoms with Gasteiger partial charge in [-0.05, 0) is 79.7 Å². The molecule has 0 aromatic heterocycles. The van der Waals surface area contributed by atoms with Gasteiger partial charge in [0.1, 0.15) is 18.0 Å². The highest BCUT2D eigenvalue weighted by Crippen LogP contribution is 2.51. The minimum absolute atomic E-state index is 0.271. The van der Waals surface area contributed by atoms with Gasteiger partial charge >= 0.3 is 0 Å². The number of nitrogens with zero attached hydrogens (tertiary/aromatic N) is 2. The highest BCUT2D eigenvalue weighted by molar-refractivity contribution is 7.86. The third-order valence-corrected chi connectivity index (χ3v) is 13.2. The van der Waals surface area contributed by atoms with Gasteiger partial charge in [-0.2, -0.15) is 21.4 Å². The Morgan fingerprint density at radius 1 is 0.808 bits per heavy atom. The van der Waals surface area contributed by atoms with Gasteiger partial charge in [-0.25, -0.2) is 0 Å². The summed E-state index contributed by atoms with van der Waals surface area (Å²) < 4.78 is 79.1. The number of benzene rings is 2. The van der Waals surface area contributed by atoms with E-state index in [1.54, 1.807) is 0 Å². The van der Waals surface area contributed by atoms with Crippen molar-refractivity contribution in [3.05, 3.63) is 92.7 Å². The molecule has 4 heterocycles. The van der Waals surface area contributed by atoms with Gasteiger partial charge < -0.3 is 14.4 Å². The van der Waals surface area contributed by atoms with E-state index >= 15 is 0 Å². The Bertz CT molecular complexity index is 2230. The predicted molar refractivity (Wildman–Crippen MR) is 204 cm³/mol. The monoisotopic (exact) mass is 769 g/mol. The van der Waals surface area contributed by atoms with E-state index < -0.39 is 31.1 Å². The van der Waals surface area contributed by atoms with E-state index in [4.69, 9.17) is 21.1 Å². The number of allylic oxidation sites excluding steroid dienone is 8. The van der Waals surface area contributed by atoms with Crippen LogP contribution < -0.4 is 14.4 Å². The smallest absolute Gasteiger partial charge is 0.265 e. The summed E-state index contributed by atoms with van der Waals surface area (Å²) in [7, 11) is -8.18. The Balaban J connectivity index is 1.20. The average molecular weight is 770 g/mol. The minimum atomic E-state index is -4.09. The zero-order valence-electron chi connectivity index (χ0n) is 30.0. The molecule has 0 radical (unpaired) electrons. The van der Waals surface area contributed by atoms with Crippen LogP contribution in [0.15, 0.2) is 70.4 Å². The second kappa shape index (κ2) is 13.5. The van der Waals surface area contributed by atoms with Gasteiger partial charge in [-0.3, -0.25) is 9.11 Å². The fourth-order valence-corrected chi connectivity index (χ4v) is 9.64. The van der Waals surface area contributed by atoms with Gasteiger partial charge in [0.25, 0.3) is 20.2 Å². The van der Waals surface area contributed by atoms with Crippen molar-refractivity contribution in [2.45, 2.75) is 77.0 Å². The Kier molecular flexibility index (Phi) is 9.56. The molecular weight excluding hydrogens is 724 g/mol. The Hall–Kier alpha value is -3.42. The van der Waals surface area contributed by atoms with E-state index in [0.29, 0.717) is 31.3 Å². The molecule has 0 unspecified atom stereocenters. The number of anilines is 1. The summed E-state index contributed by atoms with van der Waals surface area (Å²) in [5, 5.41) is 0.686. The van der Waals surface area contributed by atoms with Crippen molar-refractivity contribution in [2.24, 2.45) is 0 Å². The van der Waals surface area contributed by atoms with Crippen molar-refractivity contribution in [1.29, 1.82) is 0 Å². The van der Waals surface area contributed by atoms with E-state index in [2.05, 4.69) is 85.7 Å². The molecule has 0 saturated carbocycles. The van der Waals surface area contributed by atoms with E-state index in [1.807, 2.05) is 0 Å². The largest absolute Gasteiger partial charge is 0.493 e. The number of rotatable bonds is 11. The van der Waals surface area contributed by atoms with Crippen LogP contribution in [-0.4, -0.2) is 74.0 Å². The first-order valence-electron chi connectivity index (χ1n) is 17.9. The summed E-state index contributed by atoms with van der Waals surface area (Å²) in [6, 6.07) is 8.53. The third-order valence-electron chi connectivity index (χ3n) is 11.1. The number of ether oxygens (including phenoxy) is 2. The van der Waals surface area contributed by atoms with Gasteiger partial charge in [-0.1, -0.05) is 37.6 Å². The molecule has 13 heteroatoms. The Morgan fingerprint density at radius 3 is 2.12 bits per heavy atom. The molecule has 0 bridgehead atoms. The summed E-state index contributed by atoms with van der Waals surface area (Å²) >= 11 is 7.08. The van der Waals surface area contributed by atoms with Gasteiger partial charge in [-0.15, -0.1) is 0 Å². The molecule has 2 aromatic rings. The first-order valence-corrected chi connectivity index (χ1v) is 21.5. The van der Waals surface area contributed by atoms with E-state index in [1.165, 1.54) is 0 Å². The lowest BCUT2D eigenvalue weighted by Crippen LogP contribution is -2.28. The van der Waals surface area contributed by atoms with Crippen LogP contribution >= 0.6 is 11.6 Å². The topological polar surface area (TPSA) is 133 Å². The number of hydrogen-bond acceptors (Lipinski definition) is 7. The quantitative estimate of drug-likeness (QED) is 0.184. The lowest BCUT2D eigenvalue weighted by atomic mass is 9.81. The second-order valence-corrected chi connectivity index (χ2v) is 18.8. The maximum atomic E-state index is 11.6. The van der Waals surface area contributed by atoms with Crippen LogP contribution in [0.3, 0.4) is 0 Å². The second-order valence-electron chi connectivity index (χ2n) is 15.3. The standard InChI is InChI=1S/C39H45ClN2O8S2/c1-38(2)29-23-33-27(13-17-49-33)21-31(29)41(15-5-19-51(43,44)45)35(38)11-9-25-7-8-26(37(25)40)10-12-36-39(3,4)30-24-34-28(14-18-50-34)22-32(30)42(36)16-6-20-52(46,47)48/h9-12,21-24H,5-8,13-20H2,1-4H3,(H-,43,44,45,46,47,48)/p+1. The van der Waals surface area contributed by atoms with Crippen molar-refractivity contribution in [3.8, 4) is 11.5 Å². The van der Waals surface area contributed by atoms with Crippen molar-refractivity contribution >= 4 is 48.9 Å². The maximum absolute atomic E-state index is 11.6. The van der Waals surface area contributed by atoms with E-state index in [9.17, 15) is 25.9 Å². The molecule has 5 aliphatic rings. The van der Waals surface area contributed by atoms with Crippen molar-refractivity contribution < 1.29 is 40.0 Å². The molecule has 0 amide bonds. The molecule has 52 heavy (non-hydrogen) atoms. The summed E-state index contributed by atoms with van der Waals surface area (Å²) in [6.07, 6.45) is 12.0. The fraction of sp³-hybridized carbons (Fsp3) is 0.462. The Labute approximate surface area is 311 Å². The molecule has 10 nitrogen and oxygen atoms in total. The summed E-state index contributed by atoms with van der Waals surface area (Å²) in [4.78, 5) is 2.16. The normalized spacial score (nSPS) is 21.7. The highest BCUT2D eigenvalue weighted by Gasteiger charge is 2.46. The number of fused-ring (bicyclic) bond motifs is 4. The third kappa shape index (κ3) is 7.00. The van der Waals surface area contributed by atoms with Crippen LogP contribution in [-0.2, 0) is 43.9 Å². The molecule has 7 rings (SSSR count). The van der Waals surface area contributed by atoms with Crippen LogP contribution in [0.4, 0.5) is 11.4 Å². The van der Waals surface area contributed by atoms with Gasteiger partial charge in [0, 0.05) is 70.9 Å². The van der Waals surface area contributed by atoms with Crippen LogP contribution in [0.5, 0.6) is 11.5 Å². The minimum Gasteiger partial charge on any atom is -0.493 e. The summed E-state index contributed by atoms with van der Waals surface area (Å²) in [5.41, 5.74) is 9.78. The molecule has 2 N–H and O–H groups in total. The molecule has 4 aliphatic heterocycles. The molecule has 0 atom stereocenters. The van der Waals surface area contributed by atoms with Gasteiger partial charge in [0.2, 0.25) is 5.69 Å². The van der Waals surface area contributed by atoms with Gasteiger partial charge in [0.15, 0.2) is 5.71 Å². The van der Waals surface area contributed by atoms with E-state index in [-0.39, 0.29) is 24.3 Å². The average Bonchev–Trinajstić information content (AvgIpc) is 3.85. The van der Waals surface area contributed by atoms with Gasteiger partial charge in [0.05, 0.1) is 30.1 Å². The van der Waals surface area contributed by atoms with Crippen molar-refractivity contribution in [3.63, 3.8) is 0 Å². The number of hydrogen-bond donors (Lipinski definition) is 2. The van der Waals surface area contributed by atoms with E-state index in [0.717, 1.165) is 93.4 Å². The molecule has 278 valence electrons. The van der Waals surface area contributed by atoms with Crippen molar-refractivity contribution in [1.82, 2.24) is 0 Å². The van der Waals surface area contributed by atoms with Crippen LogP contribution in [0.2, 0.25) is 0 Å². The maximum Gasteiger partial charge on any atom is 0.265 e. The first kappa shape index (κ1) is 36.9. The van der Waals surface area contributed by atoms with Crippen LogP contribution in [0.1, 0.15) is 75.6 Å². The summed E-state index contributed by atoms with van der Waals surface area (Å²) in [5.74, 6) is 1.15. The molecule has 2 aromatic carbocycles. The molecule has 1 aliphatic carbocycles.